The van der Waals surface area contributed by atoms with Crippen molar-refractivity contribution < 1.29 is 0 Å². The van der Waals surface area contributed by atoms with E-state index in [0.29, 0.717) is 12.5 Å². The molecule has 1 saturated carbocycles. The van der Waals surface area contributed by atoms with Crippen molar-refractivity contribution in [3.63, 3.8) is 0 Å². The highest BCUT2D eigenvalue weighted by molar-refractivity contribution is 5.26. The minimum Gasteiger partial charge on any atom is -0.385 e. The predicted octanol–water partition coefficient (Wildman–Crippen LogP) is 0.309. The number of nitrogens with zero attached hydrogens (tertiary/aromatic N) is 1. The summed E-state index contributed by atoms with van der Waals surface area (Å²) in [5.41, 5.74) is 4.82. The van der Waals surface area contributed by atoms with E-state index < -0.39 is 11.2 Å². The van der Waals surface area contributed by atoms with Crippen LogP contribution in [0.25, 0.3) is 0 Å². The van der Waals surface area contributed by atoms with Crippen LogP contribution in [0.2, 0.25) is 0 Å². The van der Waals surface area contributed by atoms with Crippen LogP contribution in [-0.4, -0.2) is 9.55 Å². The summed E-state index contributed by atoms with van der Waals surface area (Å²) in [4.78, 5) is 24.7. The van der Waals surface area contributed by atoms with Crippen LogP contribution in [0.1, 0.15) is 25.7 Å². The van der Waals surface area contributed by atoms with Gasteiger partial charge in [-0.05, 0) is 18.8 Å². The number of nitrogens with one attached hydrogen (secondary N) is 1. The summed E-state index contributed by atoms with van der Waals surface area (Å²) in [5, 5.41) is 0. The Labute approximate surface area is 86.9 Å². The lowest BCUT2D eigenvalue weighted by Crippen LogP contribution is -2.32. The molecule has 0 amide bonds. The van der Waals surface area contributed by atoms with Crippen LogP contribution in [0, 0.1) is 5.92 Å². The average Bonchev–Trinajstić information content (AvgIpc) is 2.63. The standard InChI is InChI=1S/C10H15N3O2/c11-8-5-9(14)12-10(15)13(8)6-7-3-1-2-4-7/h5,7H,1-4,6,11H2,(H,12,14,15). The number of rotatable bonds is 2. The number of hydrogen-bond donors (Lipinski definition) is 2. The van der Waals surface area contributed by atoms with E-state index in [-0.39, 0.29) is 5.82 Å². The van der Waals surface area contributed by atoms with Crippen molar-refractivity contribution in [3.8, 4) is 0 Å². The van der Waals surface area contributed by atoms with Gasteiger partial charge in [0.2, 0.25) is 0 Å². The number of nitrogen functional groups attached to an aromatic ring is 1. The van der Waals surface area contributed by atoms with E-state index in [9.17, 15) is 9.59 Å². The van der Waals surface area contributed by atoms with Crippen molar-refractivity contribution in [3.05, 3.63) is 26.9 Å². The Kier molecular flexibility index (Phi) is 2.62. The first-order valence-electron chi connectivity index (χ1n) is 5.26. The van der Waals surface area contributed by atoms with Gasteiger partial charge in [-0.2, -0.15) is 0 Å². The molecule has 1 fully saturated rings. The first kappa shape index (κ1) is 10.0. The molecular formula is C10H15N3O2. The fourth-order valence-corrected chi connectivity index (χ4v) is 2.18. The van der Waals surface area contributed by atoms with Crippen LogP contribution in [-0.2, 0) is 6.54 Å². The summed E-state index contributed by atoms with van der Waals surface area (Å²) in [6.07, 6.45) is 4.74. The molecule has 5 heteroatoms. The molecule has 1 aliphatic carbocycles. The van der Waals surface area contributed by atoms with E-state index >= 15 is 0 Å². The van der Waals surface area contributed by atoms with Gasteiger partial charge < -0.3 is 5.73 Å². The number of aromatic amines is 1. The summed E-state index contributed by atoms with van der Waals surface area (Å²) >= 11 is 0. The molecule has 5 nitrogen and oxygen atoms in total. The monoisotopic (exact) mass is 209 g/mol. The second-order valence-corrected chi connectivity index (χ2v) is 4.12. The first-order chi connectivity index (χ1) is 7.16. The molecule has 15 heavy (non-hydrogen) atoms. The minimum absolute atomic E-state index is 0.260. The van der Waals surface area contributed by atoms with Gasteiger partial charge in [-0.1, -0.05) is 12.8 Å². The third-order valence-electron chi connectivity index (χ3n) is 2.98. The van der Waals surface area contributed by atoms with Crippen LogP contribution in [0.3, 0.4) is 0 Å². The molecule has 1 aromatic heterocycles. The largest absolute Gasteiger partial charge is 0.385 e. The summed E-state index contributed by atoms with van der Waals surface area (Å²) in [5.74, 6) is 0.784. The third-order valence-corrected chi connectivity index (χ3v) is 2.98. The van der Waals surface area contributed by atoms with Gasteiger partial charge in [-0.25, -0.2) is 4.79 Å². The Bertz CT molecular complexity index is 454. The maximum absolute atomic E-state index is 11.5. The molecule has 0 unspecified atom stereocenters. The van der Waals surface area contributed by atoms with Gasteiger partial charge in [0.15, 0.2) is 0 Å². The lowest BCUT2D eigenvalue weighted by atomic mass is 10.1. The van der Waals surface area contributed by atoms with Gasteiger partial charge in [0, 0.05) is 12.6 Å². The fourth-order valence-electron chi connectivity index (χ4n) is 2.18. The third kappa shape index (κ3) is 2.11. The molecule has 0 bridgehead atoms. The first-order valence-corrected chi connectivity index (χ1v) is 5.26. The van der Waals surface area contributed by atoms with E-state index in [4.69, 9.17) is 5.73 Å². The van der Waals surface area contributed by atoms with Crippen molar-refractivity contribution in [1.29, 1.82) is 0 Å². The van der Waals surface area contributed by atoms with Gasteiger partial charge in [0.05, 0.1) is 0 Å². The van der Waals surface area contributed by atoms with Gasteiger partial charge in [0.1, 0.15) is 5.82 Å². The van der Waals surface area contributed by atoms with Crippen LogP contribution < -0.4 is 17.0 Å². The normalized spacial score (nSPS) is 17.1. The van der Waals surface area contributed by atoms with E-state index in [1.165, 1.54) is 23.5 Å². The van der Waals surface area contributed by atoms with E-state index in [1.807, 2.05) is 0 Å². The minimum atomic E-state index is -0.430. The Balaban J connectivity index is 2.27. The lowest BCUT2D eigenvalue weighted by Gasteiger charge is -2.12. The van der Waals surface area contributed by atoms with E-state index in [0.717, 1.165) is 12.8 Å². The van der Waals surface area contributed by atoms with E-state index in [2.05, 4.69) is 4.98 Å². The van der Waals surface area contributed by atoms with Gasteiger partial charge in [-0.15, -0.1) is 0 Å². The Hall–Kier alpha value is -1.52. The molecule has 0 saturated heterocycles. The summed E-state index contributed by atoms with van der Waals surface area (Å²) in [6.45, 7) is 0.626. The number of H-pyrrole nitrogens is 1. The predicted molar refractivity (Wildman–Crippen MR) is 57.7 cm³/mol. The molecule has 0 aliphatic heterocycles. The topological polar surface area (TPSA) is 80.9 Å². The quantitative estimate of drug-likeness (QED) is 0.735. The van der Waals surface area contributed by atoms with Gasteiger partial charge in [0.25, 0.3) is 5.56 Å². The van der Waals surface area contributed by atoms with E-state index in [1.54, 1.807) is 0 Å². The van der Waals surface area contributed by atoms with Gasteiger partial charge in [-0.3, -0.25) is 14.3 Å². The molecule has 1 aromatic rings. The molecule has 0 atom stereocenters. The molecule has 2 rings (SSSR count). The fraction of sp³-hybridized carbons (Fsp3) is 0.600. The zero-order valence-corrected chi connectivity index (χ0v) is 8.53. The molecule has 0 spiro atoms. The average molecular weight is 209 g/mol. The molecule has 3 N–H and O–H groups in total. The molecule has 1 aliphatic rings. The van der Waals surface area contributed by atoms with Crippen LogP contribution >= 0.6 is 0 Å². The summed E-state index contributed by atoms with van der Waals surface area (Å²) in [7, 11) is 0. The number of hydrogen-bond acceptors (Lipinski definition) is 3. The summed E-state index contributed by atoms with van der Waals surface area (Å²) in [6, 6.07) is 1.26. The highest BCUT2D eigenvalue weighted by Crippen LogP contribution is 2.25. The Morgan fingerprint density at radius 2 is 2.07 bits per heavy atom. The number of nitrogens with two attached hydrogens (primary N) is 1. The zero-order valence-electron chi connectivity index (χ0n) is 8.53. The van der Waals surface area contributed by atoms with Crippen LogP contribution in [0.5, 0.6) is 0 Å². The Morgan fingerprint density at radius 1 is 1.40 bits per heavy atom. The lowest BCUT2D eigenvalue weighted by molar-refractivity contribution is 0.447. The highest BCUT2D eigenvalue weighted by atomic mass is 16.2. The molecule has 0 aromatic carbocycles. The van der Waals surface area contributed by atoms with Crippen LogP contribution in [0.15, 0.2) is 15.7 Å². The molecule has 82 valence electrons. The zero-order chi connectivity index (χ0) is 10.8. The Morgan fingerprint density at radius 3 is 2.67 bits per heavy atom. The van der Waals surface area contributed by atoms with Crippen molar-refractivity contribution in [2.75, 3.05) is 5.73 Å². The number of aromatic nitrogens is 2. The molecule has 0 radical (unpaired) electrons. The van der Waals surface area contributed by atoms with Crippen LogP contribution in [0.4, 0.5) is 5.82 Å². The van der Waals surface area contributed by atoms with Crippen molar-refractivity contribution >= 4 is 5.82 Å². The van der Waals surface area contributed by atoms with Gasteiger partial charge >= 0.3 is 5.69 Å². The second kappa shape index (κ2) is 3.92. The summed E-state index contributed by atoms with van der Waals surface area (Å²) < 4.78 is 1.46. The second-order valence-electron chi connectivity index (χ2n) is 4.12. The highest BCUT2D eigenvalue weighted by Gasteiger charge is 2.17. The number of anilines is 1. The maximum atomic E-state index is 11.5. The molecular weight excluding hydrogens is 194 g/mol. The maximum Gasteiger partial charge on any atom is 0.329 e. The SMILES string of the molecule is Nc1cc(=O)[nH]c(=O)n1CC1CCCC1. The molecule has 1 heterocycles. The van der Waals surface area contributed by atoms with Crippen molar-refractivity contribution in [2.45, 2.75) is 32.2 Å². The van der Waals surface area contributed by atoms with Crippen molar-refractivity contribution in [1.82, 2.24) is 9.55 Å². The smallest absolute Gasteiger partial charge is 0.329 e. The van der Waals surface area contributed by atoms with Crippen molar-refractivity contribution in [2.24, 2.45) is 5.92 Å².